The molecule has 0 bridgehead atoms. The Kier molecular flexibility index (Phi) is 8.18. The van der Waals surface area contributed by atoms with Crippen LogP contribution in [0.25, 0.3) is 11.1 Å². The van der Waals surface area contributed by atoms with E-state index < -0.39 is 8.07 Å². The van der Waals surface area contributed by atoms with E-state index in [2.05, 4.69) is 84.9 Å². The zero-order valence-corrected chi connectivity index (χ0v) is 23.8. The smallest absolute Gasteiger partial charge is 0.179 e. The second-order valence-electron chi connectivity index (χ2n) is 9.97. The van der Waals surface area contributed by atoms with Crippen molar-refractivity contribution in [1.82, 2.24) is 0 Å². The lowest BCUT2D eigenvalue weighted by molar-refractivity contribution is 1.61. The Morgan fingerprint density at radius 3 is 0.805 bits per heavy atom. The number of hydrogen-bond donors (Lipinski definition) is 4. The zero-order valence-electron chi connectivity index (χ0n) is 22.8. The van der Waals surface area contributed by atoms with Crippen LogP contribution in [-0.4, -0.2) is 8.07 Å². The molecule has 6 aromatic rings. The predicted octanol–water partition coefficient (Wildman–Crippen LogP) is 4.75. The first-order valence-corrected chi connectivity index (χ1v) is 15.5. The quantitative estimate of drug-likeness (QED) is 0.141. The summed E-state index contributed by atoms with van der Waals surface area (Å²) in [6.07, 6.45) is 0. The maximum absolute atomic E-state index is 6.00. The predicted molar refractivity (Wildman–Crippen MR) is 180 cm³/mol. The highest BCUT2D eigenvalue weighted by Crippen LogP contribution is 2.21. The molecule has 0 aliphatic heterocycles. The normalized spacial score (nSPS) is 10.8. The standard InChI is InChI=1S/C24H22N2Si.C12H12N2/c25-19-11-15-23(16-12-19)27(21-7-3-1-4-8-21,22-9-5-2-6-10-22)24-17-13-20(26)14-18-24;13-11-5-1-9(2-6-11)10-3-7-12(14)8-4-10/h1-18H,25-26H2;1-8H,13-14H2. The van der Waals surface area contributed by atoms with E-state index in [9.17, 15) is 0 Å². The molecule has 0 fully saturated rings. The summed E-state index contributed by atoms with van der Waals surface area (Å²) in [6.45, 7) is 0. The minimum absolute atomic E-state index is 0.778. The summed E-state index contributed by atoms with van der Waals surface area (Å²) in [7, 11) is -2.46. The molecule has 0 heterocycles. The minimum atomic E-state index is -2.46. The molecule has 202 valence electrons. The van der Waals surface area contributed by atoms with Crippen LogP contribution in [0.5, 0.6) is 0 Å². The molecule has 0 atom stereocenters. The summed E-state index contributed by atoms with van der Waals surface area (Å²) in [4.78, 5) is 0. The van der Waals surface area contributed by atoms with Gasteiger partial charge in [0.05, 0.1) is 0 Å². The van der Waals surface area contributed by atoms with Gasteiger partial charge in [0.2, 0.25) is 0 Å². The van der Waals surface area contributed by atoms with E-state index in [0.29, 0.717) is 0 Å². The van der Waals surface area contributed by atoms with E-state index >= 15 is 0 Å². The number of rotatable bonds is 5. The van der Waals surface area contributed by atoms with Gasteiger partial charge in [-0.05, 0) is 80.4 Å². The monoisotopic (exact) mass is 550 g/mol. The number of anilines is 4. The molecular weight excluding hydrogens is 517 g/mol. The van der Waals surface area contributed by atoms with Gasteiger partial charge >= 0.3 is 0 Å². The lowest BCUT2D eigenvalue weighted by Crippen LogP contribution is -2.74. The van der Waals surface area contributed by atoms with E-state index in [-0.39, 0.29) is 0 Å². The molecular formula is C36H34N4Si. The van der Waals surface area contributed by atoms with Crippen LogP contribution in [0.2, 0.25) is 0 Å². The topological polar surface area (TPSA) is 104 Å². The van der Waals surface area contributed by atoms with Gasteiger partial charge in [0.1, 0.15) is 0 Å². The van der Waals surface area contributed by atoms with Crippen LogP contribution < -0.4 is 43.7 Å². The summed E-state index contributed by atoms with van der Waals surface area (Å²) in [5, 5.41) is 5.29. The van der Waals surface area contributed by atoms with Crippen molar-refractivity contribution in [2.24, 2.45) is 0 Å². The van der Waals surface area contributed by atoms with Gasteiger partial charge in [0, 0.05) is 22.7 Å². The lowest BCUT2D eigenvalue weighted by Gasteiger charge is -2.34. The molecule has 0 amide bonds. The van der Waals surface area contributed by atoms with Crippen LogP contribution in [0, 0.1) is 0 Å². The van der Waals surface area contributed by atoms with Crippen molar-refractivity contribution in [3.8, 4) is 11.1 Å². The van der Waals surface area contributed by atoms with Gasteiger partial charge < -0.3 is 22.9 Å². The first-order valence-electron chi connectivity index (χ1n) is 13.5. The van der Waals surface area contributed by atoms with Crippen LogP contribution >= 0.6 is 0 Å². The molecule has 5 heteroatoms. The molecule has 0 aromatic heterocycles. The number of hydrogen-bond acceptors (Lipinski definition) is 4. The molecule has 6 rings (SSSR count). The minimum Gasteiger partial charge on any atom is -0.399 e. The van der Waals surface area contributed by atoms with Crippen molar-refractivity contribution in [3.05, 3.63) is 158 Å². The molecule has 0 saturated heterocycles. The molecule has 6 aromatic carbocycles. The Bertz CT molecular complexity index is 1540. The Balaban J connectivity index is 0.000000202. The van der Waals surface area contributed by atoms with Crippen LogP contribution in [0.4, 0.5) is 22.7 Å². The van der Waals surface area contributed by atoms with Crippen LogP contribution in [-0.2, 0) is 0 Å². The Hall–Kier alpha value is -5.26. The molecule has 0 radical (unpaired) electrons. The van der Waals surface area contributed by atoms with E-state index in [1.54, 1.807) is 0 Å². The summed E-state index contributed by atoms with van der Waals surface area (Å²) in [6, 6.07) is 53.9. The molecule has 0 unspecified atom stereocenters. The molecule has 0 saturated carbocycles. The van der Waals surface area contributed by atoms with Crippen molar-refractivity contribution in [2.45, 2.75) is 0 Å². The van der Waals surface area contributed by atoms with Gasteiger partial charge in [0.25, 0.3) is 0 Å². The summed E-state index contributed by atoms with van der Waals surface area (Å²) < 4.78 is 0. The number of benzene rings is 6. The van der Waals surface area contributed by atoms with Crippen molar-refractivity contribution in [2.75, 3.05) is 22.9 Å². The van der Waals surface area contributed by atoms with E-state index in [0.717, 1.165) is 33.9 Å². The first kappa shape index (κ1) is 27.3. The van der Waals surface area contributed by atoms with Crippen LogP contribution in [0.15, 0.2) is 158 Å². The van der Waals surface area contributed by atoms with Crippen LogP contribution in [0.3, 0.4) is 0 Å². The molecule has 0 spiro atoms. The Labute approximate surface area is 242 Å². The summed E-state index contributed by atoms with van der Waals surface area (Å²) in [5.74, 6) is 0. The fourth-order valence-corrected chi connectivity index (χ4v) is 9.91. The Morgan fingerprint density at radius 1 is 0.268 bits per heavy atom. The molecule has 4 nitrogen and oxygen atoms in total. The first-order chi connectivity index (χ1) is 20.0. The summed E-state index contributed by atoms with van der Waals surface area (Å²) in [5.41, 5.74) is 28.7. The van der Waals surface area contributed by atoms with Crippen molar-refractivity contribution >= 4 is 51.6 Å². The van der Waals surface area contributed by atoms with Crippen molar-refractivity contribution < 1.29 is 0 Å². The third kappa shape index (κ3) is 6.00. The maximum Gasteiger partial charge on any atom is 0.179 e. The van der Waals surface area contributed by atoms with Crippen molar-refractivity contribution in [1.29, 1.82) is 0 Å². The van der Waals surface area contributed by atoms with Crippen molar-refractivity contribution in [3.63, 3.8) is 0 Å². The number of nitrogens with two attached hydrogens (primary N) is 4. The Morgan fingerprint density at radius 2 is 0.512 bits per heavy atom. The van der Waals surface area contributed by atoms with Gasteiger partial charge in [-0.3, -0.25) is 0 Å². The number of nitrogen functional groups attached to an aromatic ring is 4. The van der Waals surface area contributed by atoms with E-state index in [4.69, 9.17) is 22.9 Å². The van der Waals surface area contributed by atoms with Gasteiger partial charge in [-0.1, -0.05) is 109 Å². The largest absolute Gasteiger partial charge is 0.399 e. The zero-order chi connectivity index (χ0) is 28.7. The van der Waals surface area contributed by atoms with E-state index in [1.165, 1.54) is 20.7 Å². The third-order valence-electron chi connectivity index (χ3n) is 7.26. The molecule has 0 aliphatic rings. The molecule has 41 heavy (non-hydrogen) atoms. The highest BCUT2D eigenvalue weighted by molar-refractivity contribution is 7.19. The van der Waals surface area contributed by atoms with E-state index in [1.807, 2.05) is 72.8 Å². The second kappa shape index (κ2) is 12.3. The molecule has 0 aliphatic carbocycles. The molecule has 8 N–H and O–H groups in total. The second-order valence-corrected chi connectivity index (χ2v) is 13.8. The van der Waals surface area contributed by atoms with Gasteiger partial charge in [-0.25, -0.2) is 0 Å². The summed E-state index contributed by atoms with van der Waals surface area (Å²) >= 11 is 0. The van der Waals surface area contributed by atoms with Gasteiger partial charge in [-0.2, -0.15) is 0 Å². The average molecular weight is 551 g/mol. The third-order valence-corrected chi connectivity index (χ3v) is 12.1. The van der Waals surface area contributed by atoms with Gasteiger partial charge in [-0.15, -0.1) is 0 Å². The lowest BCUT2D eigenvalue weighted by atomic mass is 10.1. The fourth-order valence-electron chi connectivity index (χ4n) is 5.19. The maximum atomic E-state index is 6.00. The van der Waals surface area contributed by atoms with Gasteiger partial charge in [0.15, 0.2) is 8.07 Å². The highest BCUT2D eigenvalue weighted by atomic mass is 28.3. The fraction of sp³-hybridized carbons (Fsp3) is 0. The van der Waals surface area contributed by atoms with Crippen LogP contribution in [0.1, 0.15) is 0 Å². The average Bonchev–Trinajstić information content (AvgIpc) is 3.02. The SMILES string of the molecule is Nc1ccc(-c2ccc(N)cc2)cc1.Nc1ccc([Si](c2ccccc2)(c2ccccc2)c2ccc(N)cc2)cc1. The highest BCUT2D eigenvalue weighted by Gasteiger charge is 2.41.